The van der Waals surface area contributed by atoms with E-state index in [0.717, 1.165) is 0 Å². The number of rotatable bonds is 1. The van der Waals surface area contributed by atoms with E-state index in [2.05, 4.69) is 13.2 Å². The first kappa shape index (κ1) is 8.82. The van der Waals surface area contributed by atoms with E-state index in [-0.39, 0.29) is 13.0 Å². The minimum absolute atomic E-state index is 0. The maximum atomic E-state index is 3.36. The summed E-state index contributed by atoms with van der Waals surface area (Å²) < 4.78 is 0. The molecule has 0 aromatic carbocycles. The van der Waals surface area contributed by atoms with Crippen LogP contribution in [0.4, 0.5) is 0 Å². The summed E-state index contributed by atoms with van der Waals surface area (Å²) in [5.41, 5.74) is 0. The zero-order valence-electron chi connectivity index (χ0n) is 5.28. The van der Waals surface area contributed by atoms with Crippen LogP contribution in [0.2, 0.25) is 0 Å². The molecular weight excluding hydrogens is 57.1 g/mol. The molecule has 0 fully saturated rings. The Hall–Kier alpha value is -0.351. The molecule has 0 saturated carbocycles. The van der Waals surface area contributed by atoms with E-state index in [1.54, 1.807) is 12.2 Å². The van der Waals surface area contributed by atoms with Gasteiger partial charge in [0.2, 0.25) is 0 Å². The topological polar surface area (TPSA) is 0 Å². The van der Waals surface area contributed by atoms with Crippen molar-refractivity contribution in [3.05, 3.63) is 25.3 Å². The molecule has 26 valence electrons. The van der Waals surface area contributed by atoms with Crippen LogP contribution >= 0.6 is 0 Å². The van der Waals surface area contributed by atoms with E-state index < -0.39 is 0 Å². The third kappa shape index (κ3) is 23.6. The molecule has 0 amide bonds. The number of allylic oxidation sites excluding steroid dienone is 2. The van der Waals surface area contributed by atoms with E-state index in [1.807, 2.05) is 0 Å². The maximum Gasteiger partial charge on any atom is 2.00 e. The van der Waals surface area contributed by atoms with Crippen molar-refractivity contribution in [1.82, 2.24) is 0 Å². The smallest absolute Gasteiger partial charge is 1.00 e. The average Bonchev–Trinajstić information content (AvgIpc) is 1.37. The molecule has 0 aliphatic heterocycles. The van der Waals surface area contributed by atoms with Crippen molar-refractivity contribution in [1.29, 1.82) is 0 Å². The summed E-state index contributed by atoms with van der Waals surface area (Å²) in [7, 11) is 0. The number of hydrogen-bond donors (Lipinski definition) is 0. The van der Waals surface area contributed by atoms with Crippen LogP contribution in [0.15, 0.2) is 25.3 Å². The van der Waals surface area contributed by atoms with Crippen LogP contribution in [0.5, 0.6) is 0 Å². The first-order valence-corrected chi connectivity index (χ1v) is 1.15. The molecule has 0 rings (SSSR count). The van der Waals surface area contributed by atoms with Crippen molar-refractivity contribution in [3.8, 4) is 0 Å². The summed E-state index contributed by atoms with van der Waals surface area (Å²) in [6.07, 6.45) is 3.28. The summed E-state index contributed by atoms with van der Waals surface area (Å²) in [6.45, 7) is 6.72. The monoisotopic (exact) mass is 65.1 g/mol. The Morgan fingerprint density at radius 1 is 1.20 bits per heavy atom. The molecule has 0 aromatic heterocycles. The Morgan fingerprint density at radius 2 is 1.40 bits per heavy atom. The minimum atomic E-state index is 0. The largest absolute Gasteiger partial charge is 2.00 e. The van der Waals surface area contributed by atoms with Crippen LogP contribution in [0.25, 0.3) is 0 Å². The van der Waals surface area contributed by atoms with Gasteiger partial charge in [0, 0.05) is 0 Å². The summed E-state index contributed by atoms with van der Waals surface area (Å²) in [6, 6.07) is 0. The third-order valence-electron chi connectivity index (χ3n) is 0.167. The molecule has 0 radical (unpaired) electrons. The summed E-state index contributed by atoms with van der Waals surface area (Å²) in [5.74, 6) is 0. The molecule has 5 heavy (non-hydrogen) atoms. The van der Waals surface area contributed by atoms with E-state index in [4.69, 9.17) is 0 Å². The van der Waals surface area contributed by atoms with Crippen LogP contribution in [0, 0.1) is 0 Å². The van der Waals surface area contributed by atoms with Gasteiger partial charge in [0.1, 0.15) is 0 Å². The molecule has 1 heteroatoms. The van der Waals surface area contributed by atoms with Crippen molar-refractivity contribution in [3.63, 3.8) is 0 Å². The van der Waals surface area contributed by atoms with Crippen LogP contribution in [-0.4, -0.2) is 10.1 Å². The Morgan fingerprint density at radius 3 is 1.40 bits per heavy atom. The van der Waals surface area contributed by atoms with Gasteiger partial charge in [-0.1, -0.05) is 25.3 Å². The van der Waals surface area contributed by atoms with Crippen molar-refractivity contribution in [2.75, 3.05) is 0 Å². The van der Waals surface area contributed by atoms with Gasteiger partial charge >= 0.3 is 10.1 Å². The van der Waals surface area contributed by atoms with Crippen LogP contribution < -0.4 is 0 Å². The standard InChI is InChI=1S/C4H6.Be.2H/c1-3-4-2;;;/h3-4H,1-2H2;;;/q;+2;2*-1. The molecule has 0 spiro atoms. The molecule has 0 aromatic rings. The van der Waals surface area contributed by atoms with Gasteiger partial charge in [0.15, 0.2) is 0 Å². The fourth-order valence-electron chi connectivity index (χ4n) is 0. The van der Waals surface area contributed by atoms with Crippen LogP contribution in [0.1, 0.15) is 2.85 Å². The third-order valence-corrected chi connectivity index (χ3v) is 0.167. The van der Waals surface area contributed by atoms with Gasteiger partial charge in [-0.15, -0.1) is 0 Å². The summed E-state index contributed by atoms with van der Waals surface area (Å²) in [4.78, 5) is 0. The van der Waals surface area contributed by atoms with E-state index in [9.17, 15) is 0 Å². The Balaban J connectivity index is -0.0000000150. The second kappa shape index (κ2) is 9.42. The molecule has 0 nitrogen and oxygen atoms in total. The summed E-state index contributed by atoms with van der Waals surface area (Å²) >= 11 is 0. The summed E-state index contributed by atoms with van der Waals surface area (Å²) in [5, 5.41) is 0. The first-order chi connectivity index (χ1) is 1.91. The molecule has 0 atom stereocenters. The molecule has 0 heterocycles. The van der Waals surface area contributed by atoms with Crippen molar-refractivity contribution < 1.29 is 2.85 Å². The molecule has 0 aliphatic rings. The zero-order valence-corrected chi connectivity index (χ0v) is 3.28. The van der Waals surface area contributed by atoms with Gasteiger partial charge in [0.05, 0.1) is 0 Å². The predicted molar refractivity (Wildman–Crippen MR) is 28.4 cm³/mol. The maximum absolute atomic E-state index is 3.36. The SMILES string of the molecule is C=CC=C.[Be+2].[H-].[H-]. The minimum Gasteiger partial charge on any atom is -1.00 e. The number of hydrogen-bond acceptors (Lipinski definition) is 0. The van der Waals surface area contributed by atoms with Crippen molar-refractivity contribution in [2.45, 2.75) is 0 Å². The van der Waals surface area contributed by atoms with E-state index in [1.165, 1.54) is 0 Å². The fraction of sp³-hybridized carbons (Fsp3) is 0. The molecule has 0 unspecified atom stereocenters. The van der Waals surface area contributed by atoms with Gasteiger partial charge in [0.25, 0.3) is 0 Å². The van der Waals surface area contributed by atoms with Gasteiger partial charge in [-0.2, -0.15) is 0 Å². The Kier molecular flexibility index (Phi) is 16.6. The quantitative estimate of drug-likeness (QED) is 0.318. The van der Waals surface area contributed by atoms with Gasteiger partial charge in [-0.3, -0.25) is 0 Å². The van der Waals surface area contributed by atoms with Crippen molar-refractivity contribution in [2.24, 2.45) is 0 Å². The van der Waals surface area contributed by atoms with Gasteiger partial charge < -0.3 is 2.85 Å². The molecule has 0 bridgehead atoms. The van der Waals surface area contributed by atoms with E-state index >= 15 is 0 Å². The van der Waals surface area contributed by atoms with Gasteiger partial charge in [-0.05, 0) is 0 Å². The van der Waals surface area contributed by atoms with Crippen LogP contribution in [-0.2, 0) is 0 Å². The predicted octanol–water partition coefficient (Wildman–Crippen LogP) is 1.20. The molecule has 0 N–H and O–H groups in total. The normalized spacial score (nSPS) is 4.00. The Bertz CT molecular complexity index is 30.7. The van der Waals surface area contributed by atoms with E-state index in [0.29, 0.717) is 0 Å². The van der Waals surface area contributed by atoms with Crippen LogP contribution in [0.3, 0.4) is 0 Å². The molecule has 0 aliphatic carbocycles. The Labute approximate surface area is 39.4 Å². The second-order valence-corrected chi connectivity index (χ2v) is 0.471. The molecular formula is C4H8Be. The molecule has 0 saturated heterocycles. The average molecular weight is 65.1 g/mol. The fourth-order valence-corrected chi connectivity index (χ4v) is 0. The first-order valence-electron chi connectivity index (χ1n) is 1.15. The second-order valence-electron chi connectivity index (χ2n) is 0.471. The van der Waals surface area contributed by atoms with Crippen molar-refractivity contribution >= 4 is 10.1 Å². The van der Waals surface area contributed by atoms with Gasteiger partial charge in [-0.25, -0.2) is 0 Å². The zero-order chi connectivity index (χ0) is 3.41.